The molecule has 2 N–H and O–H groups in total. The van der Waals surface area contributed by atoms with E-state index in [4.69, 9.17) is 9.47 Å². The fourth-order valence-electron chi connectivity index (χ4n) is 3.04. The van der Waals surface area contributed by atoms with E-state index >= 15 is 0 Å². The normalized spacial score (nSPS) is 26.0. The van der Waals surface area contributed by atoms with Crippen molar-refractivity contribution in [2.45, 2.75) is 99.0 Å². The Kier molecular flexibility index (Phi) is 14.6. The van der Waals surface area contributed by atoms with Crippen molar-refractivity contribution in [3.05, 3.63) is 0 Å². The van der Waals surface area contributed by atoms with E-state index in [2.05, 4.69) is 18.6 Å². The summed E-state index contributed by atoms with van der Waals surface area (Å²) in [6.45, 7) is 6.81. The van der Waals surface area contributed by atoms with Crippen LogP contribution in [0.4, 0.5) is 0 Å². The average molecular weight is 523 g/mol. The van der Waals surface area contributed by atoms with Gasteiger partial charge in [0.1, 0.15) is 12.2 Å². The van der Waals surface area contributed by atoms with Crippen molar-refractivity contribution in [3.63, 3.8) is 0 Å². The van der Waals surface area contributed by atoms with Crippen LogP contribution in [0.3, 0.4) is 0 Å². The molecule has 0 spiro atoms. The number of methoxy groups -OCH3 is 1. The summed E-state index contributed by atoms with van der Waals surface area (Å²) in [7, 11) is 1.10. The zero-order valence-corrected chi connectivity index (χ0v) is 21.1. The third-order valence-electron chi connectivity index (χ3n) is 4.47. The number of aliphatic hydroxyl groups excluding tert-OH is 2. The summed E-state index contributed by atoms with van der Waals surface area (Å²) in [5.41, 5.74) is -1.78. The molecule has 0 amide bonds. The van der Waals surface area contributed by atoms with Gasteiger partial charge in [0.25, 0.3) is 0 Å². The zero-order valence-electron chi connectivity index (χ0n) is 18.2. The number of unbranched alkanes of at least 4 members (excludes halogenated alkanes) is 2. The Morgan fingerprint density at radius 3 is 1.97 bits per heavy atom. The molecule has 0 aromatic rings. The maximum atomic E-state index is 11.9. The van der Waals surface area contributed by atoms with E-state index in [-0.39, 0.29) is 34.0 Å². The Balaban J connectivity index is 0.000000734. The van der Waals surface area contributed by atoms with Crippen LogP contribution in [0.25, 0.3) is 0 Å². The maximum absolute atomic E-state index is 11.9. The van der Waals surface area contributed by atoms with Crippen LogP contribution in [-0.4, -0.2) is 80.3 Å². The Morgan fingerprint density at radius 1 is 1.00 bits per heavy atom. The summed E-state index contributed by atoms with van der Waals surface area (Å²) in [6.07, 6.45) is 1.29. The van der Waals surface area contributed by atoms with Crippen molar-refractivity contribution in [3.8, 4) is 0 Å². The number of carbonyl (C=O) groups excluding carboxylic acids is 3. The van der Waals surface area contributed by atoms with Gasteiger partial charge in [-0.1, -0.05) is 0 Å². The third-order valence-corrected chi connectivity index (χ3v) is 8.51. The molecule has 4 atom stereocenters. The van der Waals surface area contributed by atoms with Gasteiger partial charge in [0.15, 0.2) is 0 Å². The molecule has 1 fully saturated rings. The molecule has 0 aromatic carbocycles. The molecule has 0 unspecified atom stereocenters. The molecule has 2 radical (unpaired) electrons. The van der Waals surface area contributed by atoms with Crippen molar-refractivity contribution < 1.29 is 38.8 Å². The molecular formula is C20H36O8Sn. The topological polar surface area (TPSA) is 119 Å². The van der Waals surface area contributed by atoms with Crippen LogP contribution in [0.15, 0.2) is 0 Å². The molecule has 0 saturated heterocycles. The number of hydrogen-bond acceptors (Lipinski definition) is 8. The van der Waals surface area contributed by atoms with Crippen LogP contribution in [0, 0.1) is 0 Å². The second-order valence-corrected chi connectivity index (χ2v) is 11.4. The standard InChI is InChI=1S/C12H18O8.2C4H9.Sn/c1-6(13)19-9-5-12(11(17)18-3,20-7(2)14)4-8(15)10(9)16;2*1-3-4-2;/h8-10,15-16H,4-5H2,1-3H3;2*1,3-4H2,2H3;/t8-,9-,10-,12+;;;/m1.../s1. The quantitative estimate of drug-likeness (QED) is 0.204. The molecule has 0 heterocycles. The number of carbonyl (C=O) groups is 3. The number of aliphatic hydroxyl groups is 2. The van der Waals surface area contributed by atoms with Gasteiger partial charge in [0, 0.05) is 26.7 Å². The van der Waals surface area contributed by atoms with E-state index in [1.54, 1.807) is 8.87 Å². The number of hydrogen-bond donors (Lipinski definition) is 2. The van der Waals surface area contributed by atoms with E-state index in [0.717, 1.165) is 21.0 Å². The molecular weight excluding hydrogens is 487 g/mol. The fourth-order valence-corrected chi connectivity index (χ4v) is 7.20. The minimum atomic E-state index is -1.78. The van der Waals surface area contributed by atoms with Crippen molar-refractivity contribution >= 4 is 39.1 Å². The van der Waals surface area contributed by atoms with Gasteiger partial charge in [-0.25, -0.2) is 4.79 Å². The Bertz CT molecular complexity index is 507. The molecule has 1 aliphatic rings. The Hall–Kier alpha value is -0.871. The van der Waals surface area contributed by atoms with E-state index in [1.807, 2.05) is 0 Å². The maximum Gasteiger partial charge on any atom is 0.350 e. The fraction of sp³-hybridized carbons (Fsp3) is 0.850. The first-order valence-electron chi connectivity index (χ1n) is 10.2. The van der Waals surface area contributed by atoms with Gasteiger partial charge in [-0.2, -0.15) is 0 Å². The third kappa shape index (κ3) is 10.6. The van der Waals surface area contributed by atoms with Crippen LogP contribution in [0.2, 0.25) is 8.87 Å². The minimum absolute atomic E-state index is 0.149. The molecule has 0 aromatic heterocycles. The van der Waals surface area contributed by atoms with Gasteiger partial charge < -0.3 is 24.4 Å². The number of ether oxygens (including phenoxy) is 3. The minimum Gasteiger partial charge on any atom is -0.466 e. The van der Waals surface area contributed by atoms with Gasteiger partial charge in [-0.3, -0.25) is 9.59 Å². The predicted molar refractivity (Wildman–Crippen MR) is 108 cm³/mol. The second-order valence-electron chi connectivity index (χ2n) is 7.15. The van der Waals surface area contributed by atoms with Crippen molar-refractivity contribution in [1.82, 2.24) is 0 Å². The summed E-state index contributed by atoms with van der Waals surface area (Å²) < 4.78 is 17.7. The Morgan fingerprint density at radius 2 is 1.55 bits per heavy atom. The van der Waals surface area contributed by atoms with Gasteiger partial charge in [0.05, 0.1) is 13.2 Å². The second kappa shape index (κ2) is 15.0. The molecule has 9 heteroatoms. The smallest absolute Gasteiger partial charge is 0.350 e. The summed E-state index contributed by atoms with van der Waals surface area (Å²) in [6, 6.07) is 0. The van der Waals surface area contributed by atoms with E-state index < -0.39 is 41.8 Å². The molecule has 1 aliphatic carbocycles. The van der Waals surface area contributed by atoms with Crippen LogP contribution < -0.4 is 0 Å². The first kappa shape index (κ1) is 28.1. The van der Waals surface area contributed by atoms with Gasteiger partial charge in [0.2, 0.25) is 5.60 Å². The first-order chi connectivity index (χ1) is 13.6. The number of esters is 3. The monoisotopic (exact) mass is 524 g/mol. The summed E-state index contributed by atoms with van der Waals surface area (Å²) >= 11 is 0.149. The zero-order chi connectivity index (χ0) is 22.4. The van der Waals surface area contributed by atoms with Gasteiger partial charge in [-0.15, -0.1) is 0 Å². The molecule has 0 aliphatic heterocycles. The van der Waals surface area contributed by atoms with Crippen LogP contribution in [0.1, 0.15) is 66.2 Å². The molecule has 29 heavy (non-hydrogen) atoms. The summed E-state index contributed by atoms with van der Waals surface area (Å²) in [5.74, 6) is -2.32. The van der Waals surface area contributed by atoms with Gasteiger partial charge in [-0.05, 0) is 0 Å². The van der Waals surface area contributed by atoms with Crippen LogP contribution in [-0.2, 0) is 28.6 Å². The van der Waals surface area contributed by atoms with Crippen molar-refractivity contribution in [2.24, 2.45) is 0 Å². The summed E-state index contributed by atoms with van der Waals surface area (Å²) in [4.78, 5) is 34.0. The van der Waals surface area contributed by atoms with E-state index in [1.165, 1.54) is 25.7 Å². The average Bonchev–Trinajstić information content (AvgIpc) is 2.64. The van der Waals surface area contributed by atoms with Crippen LogP contribution >= 0.6 is 0 Å². The Labute approximate surface area is 183 Å². The predicted octanol–water partition coefficient (Wildman–Crippen LogP) is 2.04. The number of rotatable bonds is 9. The molecule has 8 nitrogen and oxygen atoms in total. The SMILES string of the molecule is CCC[CH2][Sn][CH2]CCC.COC(=O)[C@]1(OC(C)=O)C[C@@H](O)[C@@H](O)[C@H](OC(C)=O)C1. The van der Waals surface area contributed by atoms with E-state index in [9.17, 15) is 24.6 Å². The molecule has 1 saturated carbocycles. The van der Waals surface area contributed by atoms with E-state index in [0.29, 0.717) is 0 Å². The van der Waals surface area contributed by atoms with Crippen LogP contribution in [0.5, 0.6) is 0 Å². The van der Waals surface area contributed by atoms with Crippen molar-refractivity contribution in [2.75, 3.05) is 7.11 Å². The molecule has 168 valence electrons. The largest absolute Gasteiger partial charge is 0.466 e. The summed E-state index contributed by atoms with van der Waals surface area (Å²) in [5, 5.41) is 19.6. The van der Waals surface area contributed by atoms with Crippen molar-refractivity contribution in [1.29, 1.82) is 0 Å². The first-order valence-corrected chi connectivity index (χ1v) is 14.2. The van der Waals surface area contributed by atoms with Gasteiger partial charge >= 0.3 is 87.5 Å². The molecule has 0 bridgehead atoms. The molecule has 1 rings (SSSR count).